The first-order chi connectivity index (χ1) is 13.6. The Morgan fingerprint density at radius 2 is 1.45 bits per heavy atom. The van der Waals surface area contributed by atoms with Crippen molar-refractivity contribution >= 4 is 25.7 Å². The molecule has 0 saturated heterocycles. The Morgan fingerprint density at radius 1 is 0.862 bits per heavy atom. The Hall–Kier alpha value is -1.90. The van der Waals surface area contributed by atoms with Gasteiger partial charge in [0.2, 0.25) is 10.0 Å². The third-order valence-electron chi connectivity index (χ3n) is 5.50. The zero-order chi connectivity index (χ0) is 21.2. The third-order valence-corrected chi connectivity index (χ3v) is 8.69. The molecule has 0 heterocycles. The summed E-state index contributed by atoms with van der Waals surface area (Å²) in [5.41, 5.74) is 2.08. The van der Waals surface area contributed by atoms with Gasteiger partial charge in [-0.05, 0) is 61.1 Å². The zero-order valence-electron chi connectivity index (χ0n) is 17.1. The van der Waals surface area contributed by atoms with Crippen LogP contribution in [0.1, 0.15) is 49.1 Å². The van der Waals surface area contributed by atoms with Crippen LogP contribution in [0.4, 0.5) is 5.69 Å². The molecule has 0 atom stereocenters. The molecule has 0 bridgehead atoms. The van der Waals surface area contributed by atoms with Gasteiger partial charge in [0.15, 0.2) is 0 Å². The van der Waals surface area contributed by atoms with Crippen LogP contribution in [0.15, 0.2) is 52.3 Å². The Balaban J connectivity index is 1.85. The van der Waals surface area contributed by atoms with Crippen molar-refractivity contribution in [3.63, 3.8) is 0 Å². The molecule has 1 fully saturated rings. The van der Waals surface area contributed by atoms with Crippen molar-refractivity contribution in [3.8, 4) is 0 Å². The molecule has 3 rings (SSSR count). The molecule has 8 heteroatoms. The molecule has 0 aliphatic heterocycles. The number of nitrogens with zero attached hydrogens (tertiary/aromatic N) is 1. The van der Waals surface area contributed by atoms with Crippen LogP contribution in [0, 0.1) is 6.92 Å². The molecular weight excluding hydrogens is 408 g/mol. The van der Waals surface area contributed by atoms with Crippen LogP contribution in [-0.2, 0) is 20.0 Å². The van der Waals surface area contributed by atoms with E-state index in [-0.39, 0.29) is 15.5 Å². The predicted octanol–water partition coefficient (Wildman–Crippen LogP) is 4.09. The largest absolute Gasteiger partial charge is 0.279 e. The molecule has 29 heavy (non-hydrogen) atoms. The minimum Gasteiger partial charge on any atom is -0.279 e. The normalized spacial score (nSPS) is 16.1. The monoisotopic (exact) mass is 436 g/mol. The van der Waals surface area contributed by atoms with Crippen molar-refractivity contribution in [3.05, 3.63) is 53.6 Å². The summed E-state index contributed by atoms with van der Waals surface area (Å²) in [6, 6.07) is 11.5. The lowest BCUT2D eigenvalue weighted by molar-refractivity contribution is 0.443. The standard InChI is InChI=1S/C21H28N2O4S2/c1-16-9-12-20(29(26,27)23(2)3)15-21(16)22-28(24,25)19-13-10-18(11-14-19)17-7-5-4-6-8-17/h9-15,17,22H,4-8H2,1-3H3. The van der Waals surface area contributed by atoms with Gasteiger partial charge in [0.05, 0.1) is 15.5 Å². The van der Waals surface area contributed by atoms with Gasteiger partial charge in [-0.2, -0.15) is 0 Å². The van der Waals surface area contributed by atoms with Crippen molar-refractivity contribution in [1.82, 2.24) is 4.31 Å². The Bertz CT molecular complexity index is 1070. The molecule has 2 aromatic carbocycles. The van der Waals surface area contributed by atoms with Crippen molar-refractivity contribution in [1.29, 1.82) is 0 Å². The number of hydrogen-bond donors (Lipinski definition) is 1. The fourth-order valence-electron chi connectivity index (χ4n) is 3.64. The number of rotatable bonds is 6. The summed E-state index contributed by atoms with van der Waals surface area (Å²) in [6.07, 6.45) is 6.01. The number of hydrogen-bond acceptors (Lipinski definition) is 4. The minimum atomic E-state index is -3.82. The van der Waals surface area contributed by atoms with Gasteiger partial charge in [0, 0.05) is 14.1 Å². The van der Waals surface area contributed by atoms with E-state index in [1.165, 1.54) is 51.1 Å². The van der Waals surface area contributed by atoms with E-state index in [9.17, 15) is 16.8 Å². The smallest absolute Gasteiger partial charge is 0.261 e. The lowest BCUT2D eigenvalue weighted by Gasteiger charge is -2.22. The lowest BCUT2D eigenvalue weighted by Crippen LogP contribution is -2.22. The molecule has 0 aromatic heterocycles. The highest BCUT2D eigenvalue weighted by atomic mass is 32.2. The summed E-state index contributed by atoms with van der Waals surface area (Å²) in [5.74, 6) is 0.503. The van der Waals surface area contributed by atoms with E-state index in [0.29, 0.717) is 11.5 Å². The summed E-state index contributed by atoms with van der Waals surface area (Å²) in [7, 11) is -4.61. The molecule has 6 nitrogen and oxygen atoms in total. The fraction of sp³-hybridized carbons (Fsp3) is 0.429. The summed E-state index contributed by atoms with van der Waals surface area (Å²) in [4.78, 5) is 0.204. The van der Waals surface area contributed by atoms with Gasteiger partial charge in [-0.3, -0.25) is 4.72 Å². The fourth-order valence-corrected chi connectivity index (χ4v) is 5.69. The van der Waals surface area contributed by atoms with Crippen LogP contribution in [0.3, 0.4) is 0 Å². The Morgan fingerprint density at radius 3 is 2.03 bits per heavy atom. The van der Waals surface area contributed by atoms with Crippen molar-refractivity contribution in [2.75, 3.05) is 18.8 Å². The molecule has 1 saturated carbocycles. The maximum Gasteiger partial charge on any atom is 0.261 e. The van der Waals surface area contributed by atoms with Gasteiger partial charge in [-0.1, -0.05) is 37.5 Å². The van der Waals surface area contributed by atoms with Gasteiger partial charge in [-0.25, -0.2) is 21.1 Å². The first-order valence-electron chi connectivity index (χ1n) is 9.77. The van der Waals surface area contributed by atoms with Gasteiger partial charge >= 0.3 is 0 Å². The van der Waals surface area contributed by atoms with Crippen molar-refractivity contribution < 1.29 is 16.8 Å². The second-order valence-corrected chi connectivity index (χ2v) is 11.6. The van der Waals surface area contributed by atoms with Crippen molar-refractivity contribution in [2.24, 2.45) is 0 Å². The molecule has 0 spiro atoms. The number of benzene rings is 2. The number of nitrogens with one attached hydrogen (secondary N) is 1. The predicted molar refractivity (Wildman–Crippen MR) is 115 cm³/mol. The molecule has 2 aromatic rings. The molecule has 158 valence electrons. The highest BCUT2D eigenvalue weighted by molar-refractivity contribution is 7.92. The van der Waals surface area contributed by atoms with Gasteiger partial charge in [-0.15, -0.1) is 0 Å². The SMILES string of the molecule is Cc1ccc(S(=O)(=O)N(C)C)cc1NS(=O)(=O)c1ccc(C2CCCCC2)cc1. The van der Waals surface area contributed by atoms with Crippen LogP contribution in [0.25, 0.3) is 0 Å². The van der Waals surface area contributed by atoms with Crippen LogP contribution in [-0.4, -0.2) is 35.2 Å². The molecule has 0 unspecified atom stereocenters. The van der Waals surface area contributed by atoms with E-state index in [1.807, 2.05) is 12.1 Å². The van der Waals surface area contributed by atoms with E-state index in [1.54, 1.807) is 25.1 Å². The van der Waals surface area contributed by atoms with Crippen LogP contribution >= 0.6 is 0 Å². The maximum atomic E-state index is 12.9. The summed E-state index contributed by atoms with van der Waals surface area (Å²) >= 11 is 0. The Labute approximate surface area is 174 Å². The molecule has 0 amide bonds. The minimum absolute atomic E-state index is 0.0402. The Kier molecular flexibility index (Phi) is 6.36. The zero-order valence-corrected chi connectivity index (χ0v) is 18.7. The first kappa shape index (κ1) is 21.8. The second-order valence-electron chi connectivity index (χ2n) is 7.77. The average Bonchev–Trinajstić information content (AvgIpc) is 2.70. The summed E-state index contributed by atoms with van der Waals surface area (Å²) < 4.78 is 54.1. The lowest BCUT2D eigenvalue weighted by atomic mass is 9.84. The van der Waals surface area contributed by atoms with Crippen LogP contribution < -0.4 is 4.72 Å². The van der Waals surface area contributed by atoms with Gasteiger partial charge in [0.1, 0.15) is 0 Å². The highest BCUT2D eigenvalue weighted by Gasteiger charge is 2.21. The average molecular weight is 437 g/mol. The van der Waals surface area contributed by atoms with Gasteiger partial charge in [0.25, 0.3) is 10.0 Å². The van der Waals surface area contributed by atoms with Crippen LogP contribution in [0.2, 0.25) is 0 Å². The second kappa shape index (κ2) is 8.45. The number of anilines is 1. The maximum absolute atomic E-state index is 12.9. The molecule has 1 aliphatic rings. The number of aryl methyl sites for hydroxylation is 1. The topological polar surface area (TPSA) is 83.6 Å². The summed E-state index contributed by atoms with van der Waals surface area (Å²) in [5, 5.41) is 0. The van der Waals surface area contributed by atoms with E-state index >= 15 is 0 Å². The summed E-state index contributed by atoms with van der Waals surface area (Å²) in [6.45, 7) is 1.73. The van der Waals surface area contributed by atoms with E-state index < -0.39 is 20.0 Å². The molecule has 0 radical (unpaired) electrons. The van der Waals surface area contributed by atoms with Crippen molar-refractivity contribution in [2.45, 2.75) is 54.7 Å². The van der Waals surface area contributed by atoms with E-state index in [4.69, 9.17) is 0 Å². The van der Waals surface area contributed by atoms with E-state index in [2.05, 4.69) is 4.72 Å². The number of sulfonamides is 2. The molecule has 1 aliphatic carbocycles. The highest BCUT2D eigenvalue weighted by Crippen LogP contribution is 2.33. The third kappa shape index (κ3) is 4.82. The van der Waals surface area contributed by atoms with Crippen LogP contribution in [0.5, 0.6) is 0 Å². The van der Waals surface area contributed by atoms with E-state index in [0.717, 1.165) is 17.1 Å². The first-order valence-corrected chi connectivity index (χ1v) is 12.7. The van der Waals surface area contributed by atoms with Gasteiger partial charge < -0.3 is 0 Å². The molecule has 1 N–H and O–H groups in total. The quantitative estimate of drug-likeness (QED) is 0.739. The molecular formula is C21H28N2O4S2.